The Morgan fingerprint density at radius 2 is 2.19 bits per heavy atom. The number of hydrogen-bond acceptors (Lipinski definition) is 4. The first kappa shape index (κ1) is 15.7. The molecule has 0 radical (unpaired) electrons. The van der Waals surface area contributed by atoms with E-state index in [1.807, 2.05) is 0 Å². The molecule has 21 heavy (non-hydrogen) atoms. The number of morpholine rings is 1. The van der Waals surface area contributed by atoms with E-state index in [9.17, 15) is 9.18 Å². The SMILES string of the molecule is O=C(NCCCCOc1ccc(F)cc1)C1COCCN1. The van der Waals surface area contributed by atoms with E-state index in [0.717, 1.165) is 12.8 Å². The summed E-state index contributed by atoms with van der Waals surface area (Å²) in [4.78, 5) is 11.8. The molecule has 0 aliphatic carbocycles. The van der Waals surface area contributed by atoms with Gasteiger partial charge in [0, 0.05) is 13.1 Å². The highest BCUT2D eigenvalue weighted by Crippen LogP contribution is 2.11. The summed E-state index contributed by atoms with van der Waals surface area (Å²) in [5.74, 6) is 0.364. The number of carbonyl (C=O) groups is 1. The van der Waals surface area contributed by atoms with E-state index in [4.69, 9.17) is 9.47 Å². The number of carbonyl (C=O) groups excluding carboxylic acids is 1. The van der Waals surface area contributed by atoms with Crippen LogP contribution in [-0.2, 0) is 9.53 Å². The first-order valence-electron chi connectivity index (χ1n) is 7.23. The maximum Gasteiger partial charge on any atom is 0.239 e. The molecule has 116 valence electrons. The number of benzene rings is 1. The average molecular weight is 296 g/mol. The molecule has 1 atom stereocenters. The molecule has 1 amide bonds. The van der Waals surface area contributed by atoms with Gasteiger partial charge < -0.3 is 20.1 Å². The Labute approximate surface area is 123 Å². The molecule has 0 saturated carbocycles. The molecule has 5 nitrogen and oxygen atoms in total. The van der Waals surface area contributed by atoms with Crippen LogP contribution < -0.4 is 15.4 Å². The second kappa shape index (κ2) is 8.59. The van der Waals surface area contributed by atoms with Gasteiger partial charge in [0.05, 0.1) is 19.8 Å². The maximum absolute atomic E-state index is 12.7. The van der Waals surface area contributed by atoms with Crippen LogP contribution >= 0.6 is 0 Å². The highest BCUT2D eigenvalue weighted by atomic mass is 19.1. The van der Waals surface area contributed by atoms with Gasteiger partial charge in [0.2, 0.25) is 5.91 Å². The van der Waals surface area contributed by atoms with Gasteiger partial charge in [0.25, 0.3) is 0 Å². The lowest BCUT2D eigenvalue weighted by Crippen LogP contribution is -2.51. The molecule has 1 aromatic carbocycles. The molecule has 2 rings (SSSR count). The zero-order chi connectivity index (χ0) is 14.9. The molecule has 1 unspecified atom stereocenters. The Hall–Kier alpha value is -1.66. The fourth-order valence-corrected chi connectivity index (χ4v) is 2.02. The van der Waals surface area contributed by atoms with Crippen molar-refractivity contribution in [1.82, 2.24) is 10.6 Å². The number of rotatable bonds is 7. The van der Waals surface area contributed by atoms with Crippen LogP contribution in [-0.4, -0.2) is 44.9 Å². The lowest BCUT2D eigenvalue weighted by Gasteiger charge is -2.22. The summed E-state index contributed by atoms with van der Waals surface area (Å²) in [5, 5.41) is 5.98. The number of nitrogens with one attached hydrogen (secondary N) is 2. The lowest BCUT2D eigenvalue weighted by molar-refractivity contribution is -0.125. The Kier molecular flexibility index (Phi) is 6.43. The van der Waals surface area contributed by atoms with Crippen molar-refractivity contribution in [2.75, 3.05) is 32.9 Å². The maximum atomic E-state index is 12.7. The zero-order valence-corrected chi connectivity index (χ0v) is 11.9. The Morgan fingerprint density at radius 3 is 2.90 bits per heavy atom. The third-order valence-electron chi connectivity index (χ3n) is 3.19. The summed E-state index contributed by atoms with van der Waals surface area (Å²) < 4.78 is 23.4. The molecular weight excluding hydrogens is 275 g/mol. The van der Waals surface area contributed by atoms with Crippen molar-refractivity contribution in [1.29, 1.82) is 0 Å². The van der Waals surface area contributed by atoms with Crippen molar-refractivity contribution in [3.63, 3.8) is 0 Å². The van der Waals surface area contributed by atoms with Crippen molar-refractivity contribution in [3.8, 4) is 5.75 Å². The molecule has 6 heteroatoms. The van der Waals surface area contributed by atoms with E-state index in [2.05, 4.69) is 10.6 Å². The van der Waals surface area contributed by atoms with Crippen LogP contribution in [0.2, 0.25) is 0 Å². The van der Waals surface area contributed by atoms with Gasteiger partial charge in [-0.25, -0.2) is 4.39 Å². The molecule has 1 heterocycles. The molecule has 1 fully saturated rings. The molecule has 0 bridgehead atoms. The highest BCUT2D eigenvalue weighted by molar-refractivity contribution is 5.81. The molecule has 0 spiro atoms. The lowest BCUT2D eigenvalue weighted by atomic mass is 10.2. The molecule has 1 saturated heterocycles. The van der Waals surface area contributed by atoms with E-state index in [1.165, 1.54) is 12.1 Å². The van der Waals surface area contributed by atoms with Crippen LogP contribution in [0, 0.1) is 5.82 Å². The summed E-state index contributed by atoms with van der Waals surface area (Å²) in [6.45, 7) is 2.96. The average Bonchev–Trinajstić information content (AvgIpc) is 2.53. The molecule has 0 aromatic heterocycles. The molecule has 1 aliphatic heterocycles. The zero-order valence-electron chi connectivity index (χ0n) is 11.9. The van der Waals surface area contributed by atoms with Gasteiger partial charge in [-0.3, -0.25) is 4.79 Å². The third kappa shape index (κ3) is 5.69. The highest BCUT2D eigenvalue weighted by Gasteiger charge is 2.20. The van der Waals surface area contributed by atoms with E-state index in [0.29, 0.717) is 38.7 Å². The smallest absolute Gasteiger partial charge is 0.239 e. The van der Waals surface area contributed by atoms with E-state index in [-0.39, 0.29) is 17.8 Å². The van der Waals surface area contributed by atoms with Crippen LogP contribution in [0.3, 0.4) is 0 Å². The minimum absolute atomic E-state index is 0.0193. The fourth-order valence-electron chi connectivity index (χ4n) is 2.02. The Bertz CT molecular complexity index is 433. The van der Waals surface area contributed by atoms with E-state index >= 15 is 0 Å². The van der Waals surface area contributed by atoms with Gasteiger partial charge in [-0.2, -0.15) is 0 Å². The summed E-state index contributed by atoms with van der Waals surface area (Å²) in [6.07, 6.45) is 1.66. The molecular formula is C15H21FN2O3. The minimum Gasteiger partial charge on any atom is -0.494 e. The molecule has 2 N–H and O–H groups in total. The van der Waals surface area contributed by atoms with Crippen LogP contribution in [0.1, 0.15) is 12.8 Å². The summed E-state index contributed by atoms with van der Waals surface area (Å²) >= 11 is 0. The van der Waals surface area contributed by atoms with Gasteiger partial charge in [0.15, 0.2) is 0 Å². The van der Waals surface area contributed by atoms with Gasteiger partial charge in [-0.1, -0.05) is 0 Å². The number of halogens is 1. The monoisotopic (exact) mass is 296 g/mol. The number of amides is 1. The standard InChI is InChI=1S/C15H21FN2O3/c16-12-3-5-13(6-4-12)21-9-2-1-7-18-15(19)14-11-20-10-8-17-14/h3-6,14,17H,1-2,7-11H2,(H,18,19). The Balaban J connectivity index is 1.51. The van der Waals surface area contributed by atoms with Crippen molar-refractivity contribution in [3.05, 3.63) is 30.1 Å². The van der Waals surface area contributed by atoms with Gasteiger partial charge in [-0.15, -0.1) is 0 Å². The van der Waals surface area contributed by atoms with Crippen LogP contribution in [0.5, 0.6) is 5.75 Å². The van der Waals surface area contributed by atoms with Crippen LogP contribution in [0.15, 0.2) is 24.3 Å². The summed E-state index contributed by atoms with van der Waals surface area (Å²) in [6, 6.07) is 5.70. The van der Waals surface area contributed by atoms with Gasteiger partial charge >= 0.3 is 0 Å². The number of ether oxygens (including phenoxy) is 2. The first-order chi connectivity index (χ1) is 10.3. The van der Waals surface area contributed by atoms with Gasteiger partial charge in [-0.05, 0) is 37.1 Å². The van der Waals surface area contributed by atoms with Crippen molar-refractivity contribution < 1.29 is 18.7 Å². The predicted molar refractivity (Wildman–Crippen MR) is 76.7 cm³/mol. The van der Waals surface area contributed by atoms with Crippen LogP contribution in [0.4, 0.5) is 4.39 Å². The fraction of sp³-hybridized carbons (Fsp3) is 0.533. The number of hydrogen-bond donors (Lipinski definition) is 2. The normalized spacial score (nSPS) is 18.2. The van der Waals surface area contributed by atoms with E-state index < -0.39 is 0 Å². The summed E-state index contributed by atoms with van der Waals surface area (Å²) in [7, 11) is 0. The van der Waals surface area contributed by atoms with Crippen molar-refractivity contribution in [2.45, 2.75) is 18.9 Å². The largest absolute Gasteiger partial charge is 0.494 e. The number of unbranched alkanes of at least 4 members (excludes halogenated alkanes) is 1. The predicted octanol–water partition coefficient (Wildman–Crippen LogP) is 1.09. The second-order valence-corrected chi connectivity index (χ2v) is 4.88. The third-order valence-corrected chi connectivity index (χ3v) is 3.19. The second-order valence-electron chi connectivity index (χ2n) is 4.88. The topological polar surface area (TPSA) is 59.6 Å². The first-order valence-corrected chi connectivity index (χ1v) is 7.23. The quantitative estimate of drug-likeness (QED) is 0.740. The Morgan fingerprint density at radius 1 is 1.38 bits per heavy atom. The molecule has 1 aromatic rings. The van der Waals surface area contributed by atoms with Crippen LogP contribution in [0.25, 0.3) is 0 Å². The van der Waals surface area contributed by atoms with Gasteiger partial charge in [0.1, 0.15) is 17.6 Å². The summed E-state index contributed by atoms with van der Waals surface area (Å²) in [5.41, 5.74) is 0. The van der Waals surface area contributed by atoms with E-state index in [1.54, 1.807) is 12.1 Å². The van der Waals surface area contributed by atoms with Crippen molar-refractivity contribution >= 4 is 5.91 Å². The molecule has 1 aliphatic rings. The van der Waals surface area contributed by atoms with Crippen molar-refractivity contribution in [2.24, 2.45) is 0 Å². The minimum atomic E-state index is -0.273.